The fraction of sp³-hybridized carbons (Fsp3) is 0.0877. The lowest BCUT2D eigenvalue weighted by Crippen LogP contribution is -2.28. The molecule has 0 heterocycles. The Kier molecular flexibility index (Phi) is 9.39. The van der Waals surface area contributed by atoms with Crippen molar-refractivity contribution in [2.75, 3.05) is 10.2 Å². The molecule has 2 aliphatic rings. The fourth-order valence-corrected chi connectivity index (χ4v) is 9.81. The molecule has 0 radical (unpaired) electrons. The average molecular weight is 759 g/mol. The summed E-state index contributed by atoms with van der Waals surface area (Å²) in [6.45, 7) is 4.63. The van der Waals surface area contributed by atoms with E-state index in [1.54, 1.807) is 0 Å². The average Bonchev–Trinajstić information content (AvgIpc) is 3.60. The first kappa shape index (κ1) is 36.2. The van der Waals surface area contributed by atoms with Gasteiger partial charge in [-0.2, -0.15) is 0 Å². The van der Waals surface area contributed by atoms with Crippen molar-refractivity contribution in [3.63, 3.8) is 0 Å². The quantitative estimate of drug-likeness (QED) is 0.158. The summed E-state index contributed by atoms with van der Waals surface area (Å²) in [5.74, 6) is 0.253. The van der Waals surface area contributed by atoms with Gasteiger partial charge in [0.25, 0.3) is 0 Å². The Hall–Kier alpha value is -7.16. The molecule has 0 aromatic heterocycles. The number of nitrogens with zero attached hydrogens (tertiary/aromatic N) is 1. The van der Waals surface area contributed by atoms with E-state index in [1.807, 2.05) is 0 Å². The lowest BCUT2D eigenvalue weighted by Gasteiger charge is -2.35. The van der Waals surface area contributed by atoms with Crippen LogP contribution in [-0.4, -0.2) is 0 Å². The standard InChI is InChI=1S/C57H46N2/c1-40-21-19-36-54(55(40)50-31-16-18-35-53(50)58-44-26-11-5-12-27-44)59(45-28-13-6-14-29-45)46-37-38-47(41(2)39-46)48-32-20-34-52-56(48)49-30-15-17-33-51(49)57(52,42-22-7-3-8-23-42)43-24-9-4-10-25-43/h3-38,41,58H,39H2,1-2H3. The molecule has 0 fully saturated rings. The van der Waals surface area contributed by atoms with Crippen LogP contribution in [0.5, 0.6) is 0 Å². The van der Waals surface area contributed by atoms with Crippen LogP contribution in [0, 0.1) is 12.8 Å². The molecule has 2 heteroatoms. The van der Waals surface area contributed by atoms with E-state index in [4.69, 9.17) is 0 Å². The van der Waals surface area contributed by atoms with Crippen molar-refractivity contribution < 1.29 is 0 Å². The molecule has 0 saturated heterocycles. The second-order valence-electron chi connectivity index (χ2n) is 15.8. The summed E-state index contributed by atoms with van der Waals surface area (Å²) in [6, 6.07) is 75.0. The molecule has 0 spiro atoms. The molecule has 2 aliphatic carbocycles. The highest BCUT2D eigenvalue weighted by atomic mass is 15.2. The first-order valence-corrected chi connectivity index (χ1v) is 20.7. The number of anilines is 4. The van der Waals surface area contributed by atoms with Crippen LogP contribution in [0.1, 0.15) is 46.7 Å². The van der Waals surface area contributed by atoms with Gasteiger partial charge in [0.05, 0.1) is 11.1 Å². The van der Waals surface area contributed by atoms with Gasteiger partial charge in [0.15, 0.2) is 0 Å². The zero-order chi connectivity index (χ0) is 39.8. The first-order chi connectivity index (χ1) is 29.1. The third-order valence-corrected chi connectivity index (χ3v) is 12.3. The van der Waals surface area contributed by atoms with Crippen molar-refractivity contribution >= 4 is 28.3 Å². The Morgan fingerprint density at radius 1 is 0.492 bits per heavy atom. The molecule has 284 valence electrons. The molecule has 0 amide bonds. The Morgan fingerprint density at radius 3 is 1.75 bits per heavy atom. The minimum absolute atomic E-state index is 0.253. The largest absolute Gasteiger partial charge is 0.355 e. The zero-order valence-corrected chi connectivity index (χ0v) is 33.5. The predicted octanol–water partition coefficient (Wildman–Crippen LogP) is 14.9. The SMILES string of the molecule is Cc1cccc(N(C2=CC=C(c3cccc4c3-c3ccccc3C4(c3ccccc3)c3ccccc3)C(C)C2)c2ccccc2)c1-c1ccccc1Nc1ccccc1. The summed E-state index contributed by atoms with van der Waals surface area (Å²) < 4.78 is 0. The van der Waals surface area contributed by atoms with Crippen LogP contribution in [0.4, 0.5) is 22.7 Å². The van der Waals surface area contributed by atoms with E-state index in [0.29, 0.717) is 0 Å². The lowest BCUT2D eigenvalue weighted by atomic mass is 9.67. The van der Waals surface area contributed by atoms with Gasteiger partial charge in [-0.05, 0) is 112 Å². The van der Waals surface area contributed by atoms with E-state index < -0.39 is 5.41 Å². The number of nitrogens with one attached hydrogen (secondary N) is 1. The Morgan fingerprint density at radius 2 is 1.05 bits per heavy atom. The van der Waals surface area contributed by atoms with E-state index >= 15 is 0 Å². The van der Waals surface area contributed by atoms with Crippen molar-refractivity contribution in [1.29, 1.82) is 0 Å². The maximum Gasteiger partial charge on any atom is 0.0713 e. The van der Waals surface area contributed by atoms with Crippen molar-refractivity contribution in [2.45, 2.75) is 25.7 Å². The number of benzene rings is 8. The predicted molar refractivity (Wildman–Crippen MR) is 249 cm³/mol. The highest BCUT2D eigenvalue weighted by molar-refractivity contribution is 5.96. The van der Waals surface area contributed by atoms with Gasteiger partial charge in [-0.15, -0.1) is 0 Å². The molecular weight excluding hydrogens is 713 g/mol. The van der Waals surface area contributed by atoms with Gasteiger partial charge in [-0.25, -0.2) is 0 Å². The molecule has 0 aliphatic heterocycles. The number of rotatable bonds is 9. The second kappa shape index (κ2) is 15.3. The van der Waals surface area contributed by atoms with Crippen LogP contribution in [0.3, 0.4) is 0 Å². The van der Waals surface area contributed by atoms with Gasteiger partial charge in [0.2, 0.25) is 0 Å². The summed E-state index contributed by atoms with van der Waals surface area (Å²) in [6.07, 6.45) is 5.67. The molecule has 8 aromatic carbocycles. The summed E-state index contributed by atoms with van der Waals surface area (Å²) in [4.78, 5) is 2.49. The highest BCUT2D eigenvalue weighted by Gasteiger charge is 2.47. The smallest absolute Gasteiger partial charge is 0.0713 e. The molecule has 1 unspecified atom stereocenters. The molecule has 1 atom stereocenters. The molecule has 0 bridgehead atoms. The summed E-state index contributed by atoms with van der Waals surface area (Å²) in [7, 11) is 0. The molecule has 59 heavy (non-hydrogen) atoms. The van der Waals surface area contributed by atoms with Crippen LogP contribution in [0.2, 0.25) is 0 Å². The zero-order valence-electron chi connectivity index (χ0n) is 33.5. The normalized spacial score (nSPS) is 15.1. The van der Waals surface area contributed by atoms with Gasteiger partial charge < -0.3 is 10.2 Å². The summed E-state index contributed by atoms with van der Waals surface area (Å²) in [5.41, 5.74) is 19.5. The lowest BCUT2D eigenvalue weighted by molar-refractivity contribution is 0.715. The van der Waals surface area contributed by atoms with Crippen LogP contribution in [0.25, 0.3) is 27.8 Å². The molecule has 0 saturated carbocycles. The van der Waals surface area contributed by atoms with Gasteiger partial charge in [0.1, 0.15) is 0 Å². The van der Waals surface area contributed by atoms with Gasteiger partial charge >= 0.3 is 0 Å². The highest BCUT2D eigenvalue weighted by Crippen LogP contribution is 2.58. The third-order valence-electron chi connectivity index (χ3n) is 12.3. The second-order valence-corrected chi connectivity index (χ2v) is 15.8. The summed E-state index contributed by atoms with van der Waals surface area (Å²) >= 11 is 0. The Labute approximate surface area is 348 Å². The molecule has 10 rings (SSSR count). The number of hydrogen-bond acceptors (Lipinski definition) is 2. The maximum atomic E-state index is 3.73. The molecule has 2 nitrogen and oxygen atoms in total. The van der Waals surface area contributed by atoms with Crippen molar-refractivity contribution in [3.8, 4) is 22.3 Å². The number of hydrogen-bond donors (Lipinski definition) is 1. The number of allylic oxidation sites excluding steroid dienone is 4. The van der Waals surface area contributed by atoms with Crippen LogP contribution < -0.4 is 10.2 Å². The topological polar surface area (TPSA) is 15.3 Å². The van der Waals surface area contributed by atoms with Gasteiger partial charge in [-0.3, -0.25) is 0 Å². The summed E-state index contributed by atoms with van der Waals surface area (Å²) in [5, 5.41) is 3.73. The van der Waals surface area contributed by atoms with E-state index in [9.17, 15) is 0 Å². The van der Waals surface area contributed by atoms with Crippen LogP contribution in [0.15, 0.2) is 224 Å². The molecule has 8 aromatic rings. The van der Waals surface area contributed by atoms with E-state index in [-0.39, 0.29) is 5.92 Å². The van der Waals surface area contributed by atoms with Crippen LogP contribution in [-0.2, 0) is 5.41 Å². The van der Waals surface area contributed by atoms with E-state index in [0.717, 1.165) is 23.5 Å². The Bertz CT molecular complexity index is 2800. The van der Waals surface area contributed by atoms with Gasteiger partial charge in [-0.1, -0.05) is 183 Å². The number of para-hydroxylation sites is 3. The monoisotopic (exact) mass is 758 g/mol. The van der Waals surface area contributed by atoms with Crippen molar-refractivity contribution in [1.82, 2.24) is 0 Å². The number of fused-ring (bicyclic) bond motifs is 3. The van der Waals surface area contributed by atoms with E-state index in [1.165, 1.54) is 72.6 Å². The van der Waals surface area contributed by atoms with E-state index in [2.05, 4.69) is 242 Å². The fourth-order valence-electron chi connectivity index (χ4n) is 9.81. The third kappa shape index (κ3) is 6.20. The minimum Gasteiger partial charge on any atom is -0.355 e. The molecule has 1 N–H and O–H groups in total. The maximum absolute atomic E-state index is 3.73. The van der Waals surface area contributed by atoms with Crippen LogP contribution >= 0.6 is 0 Å². The molecular formula is C57H46N2. The number of aryl methyl sites for hydroxylation is 1. The first-order valence-electron chi connectivity index (χ1n) is 20.7. The van der Waals surface area contributed by atoms with Gasteiger partial charge in [0, 0.05) is 33.9 Å². The Balaban J connectivity index is 1.13. The van der Waals surface area contributed by atoms with Crippen molar-refractivity contribution in [2.24, 2.45) is 5.92 Å². The minimum atomic E-state index is -0.429. The van der Waals surface area contributed by atoms with Crippen molar-refractivity contribution in [3.05, 3.63) is 257 Å².